The van der Waals surface area contributed by atoms with E-state index < -0.39 is 5.60 Å². The first-order valence-electron chi connectivity index (χ1n) is 13.2. The van der Waals surface area contributed by atoms with Gasteiger partial charge in [0.05, 0.1) is 11.7 Å². The fourth-order valence-corrected chi connectivity index (χ4v) is 7.17. The van der Waals surface area contributed by atoms with Gasteiger partial charge in [0.25, 0.3) is 0 Å². The molecular weight excluding hydrogens is 380 g/mol. The molecule has 3 aliphatic carbocycles. The number of aliphatic hydroxyl groups excluding tert-OH is 1. The van der Waals surface area contributed by atoms with Gasteiger partial charge in [0, 0.05) is 0 Å². The highest BCUT2D eigenvalue weighted by atomic mass is 16.3. The largest absolute Gasteiger partial charge is 0.393 e. The van der Waals surface area contributed by atoms with Crippen molar-refractivity contribution < 1.29 is 10.2 Å². The van der Waals surface area contributed by atoms with Crippen LogP contribution >= 0.6 is 0 Å². The highest BCUT2D eigenvalue weighted by molar-refractivity contribution is 5.36. The number of allylic oxidation sites excluding steroid dienone is 4. The van der Waals surface area contributed by atoms with Crippen LogP contribution < -0.4 is 0 Å². The van der Waals surface area contributed by atoms with E-state index in [0.717, 1.165) is 62.7 Å². The van der Waals surface area contributed by atoms with E-state index in [1.54, 1.807) is 5.57 Å². The van der Waals surface area contributed by atoms with Crippen molar-refractivity contribution >= 4 is 0 Å². The minimum absolute atomic E-state index is 0.193. The van der Waals surface area contributed by atoms with Gasteiger partial charge < -0.3 is 10.2 Å². The van der Waals surface area contributed by atoms with E-state index in [1.165, 1.54) is 49.7 Å². The van der Waals surface area contributed by atoms with Crippen LogP contribution in [0.25, 0.3) is 0 Å². The molecule has 31 heavy (non-hydrogen) atoms. The summed E-state index contributed by atoms with van der Waals surface area (Å²) in [5.74, 6) is 2.26. The number of hydrogen-bond acceptors (Lipinski definition) is 2. The molecule has 176 valence electrons. The third-order valence-corrected chi connectivity index (χ3v) is 9.53. The van der Waals surface area contributed by atoms with Crippen molar-refractivity contribution in [1.29, 1.82) is 0 Å². The van der Waals surface area contributed by atoms with E-state index in [4.69, 9.17) is 0 Å². The first-order valence-corrected chi connectivity index (χ1v) is 13.2. The molecule has 5 atom stereocenters. The normalized spacial score (nSPS) is 35.5. The molecule has 0 radical (unpaired) electrons. The van der Waals surface area contributed by atoms with Crippen molar-refractivity contribution in [1.82, 2.24) is 0 Å². The predicted molar refractivity (Wildman–Crippen MR) is 132 cm³/mol. The molecule has 3 rings (SSSR count). The fourth-order valence-electron chi connectivity index (χ4n) is 7.17. The van der Waals surface area contributed by atoms with E-state index in [0.29, 0.717) is 5.41 Å². The molecule has 3 fully saturated rings. The van der Waals surface area contributed by atoms with Crippen molar-refractivity contribution in [2.24, 2.45) is 23.2 Å². The van der Waals surface area contributed by atoms with Crippen LogP contribution in [0.1, 0.15) is 111 Å². The molecule has 3 saturated carbocycles. The summed E-state index contributed by atoms with van der Waals surface area (Å²) in [5, 5.41) is 20.7. The van der Waals surface area contributed by atoms with Gasteiger partial charge in [-0.15, -0.1) is 0 Å². The molecule has 0 aromatic heterocycles. The molecule has 0 amide bonds. The topological polar surface area (TPSA) is 40.5 Å². The summed E-state index contributed by atoms with van der Waals surface area (Å²) in [7, 11) is 0. The van der Waals surface area contributed by atoms with Gasteiger partial charge in [-0.2, -0.15) is 0 Å². The lowest BCUT2D eigenvalue weighted by Gasteiger charge is -2.44. The SMILES string of the molecule is C=C1CC[C@H](O)C/C1=C/C=C1CCC[C@@]2(C)C1CC[C@@H]2[C@H](C)CCCC(O)(CC)CC. The summed E-state index contributed by atoms with van der Waals surface area (Å²) >= 11 is 0. The third kappa shape index (κ3) is 5.56. The van der Waals surface area contributed by atoms with Crippen LogP contribution in [0, 0.1) is 23.2 Å². The summed E-state index contributed by atoms with van der Waals surface area (Å²) < 4.78 is 0. The molecule has 2 heteroatoms. The van der Waals surface area contributed by atoms with Gasteiger partial charge in [-0.1, -0.05) is 70.4 Å². The van der Waals surface area contributed by atoms with E-state index in [9.17, 15) is 10.2 Å². The lowest BCUT2D eigenvalue weighted by molar-refractivity contribution is 0.0178. The van der Waals surface area contributed by atoms with Gasteiger partial charge in [0.2, 0.25) is 0 Å². The zero-order valence-electron chi connectivity index (χ0n) is 20.8. The van der Waals surface area contributed by atoms with Crippen LogP contribution in [0.3, 0.4) is 0 Å². The molecule has 2 nitrogen and oxygen atoms in total. The van der Waals surface area contributed by atoms with E-state index >= 15 is 0 Å². The standard InChI is InChI=1S/C29H48O2/c1-6-29(31,7-2)19-8-10-22(4)26-16-17-27-23(11-9-18-28(26,27)5)13-14-24-20-25(30)15-12-21(24)3/h13-14,22,25-27,30-31H,3,6-12,15-20H2,1-2,4-5H3/b23-13?,24-14-/t22-,25+,26-,27?,28-/m1/s1. The Bertz CT molecular complexity index is 683. The molecular formula is C29H48O2. The summed E-state index contributed by atoms with van der Waals surface area (Å²) in [6.07, 6.45) is 18.7. The minimum Gasteiger partial charge on any atom is -0.393 e. The number of hydrogen-bond donors (Lipinski definition) is 2. The Labute approximate surface area is 191 Å². The highest BCUT2D eigenvalue weighted by Gasteiger charge is 2.50. The van der Waals surface area contributed by atoms with Gasteiger partial charge in [-0.05, 0) is 99.4 Å². The van der Waals surface area contributed by atoms with Crippen LogP contribution in [0.15, 0.2) is 35.5 Å². The van der Waals surface area contributed by atoms with Crippen LogP contribution in [-0.2, 0) is 0 Å². The third-order valence-electron chi connectivity index (χ3n) is 9.53. The van der Waals surface area contributed by atoms with Gasteiger partial charge in [0.15, 0.2) is 0 Å². The van der Waals surface area contributed by atoms with Crippen molar-refractivity contribution in [3.05, 3.63) is 35.5 Å². The second kappa shape index (κ2) is 10.4. The average molecular weight is 429 g/mol. The predicted octanol–water partition coefficient (Wildman–Crippen LogP) is 7.51. The quantitative estimate of drug-likeness (QED) is 0.420. The van der Waals surface area contributed by atoms with E-state index in [2.05, 4.69) is 46.4 Å². The molecule has 0 bridgehead atoms. The lowest BCUT2D eigenvalue weighted by Crippen LogP contribution is -2.36. The molecule has 0 heterocycles. The van der Waals surface area contributed by atoms with Crippen LogP contribution in [-0.4, -0.2) is 21.9 Å². The molecule has 0 aliphatic heterocycles. The second-order valence-corrected chi connectivity index (χ2v) is 11.3. The summed E-state index contributed by atoms with van der Waals surface area (Å²) in [6, 6.07) is 0. The van der Waals surface area contributed by atoms with Crippen molar-refractivity contribution in [3.8, 4) is 0 Å². The molecule has 2 N–H and O–H groups in total. The monoisotopic (exact) mass is 428 g/mol. The molecule has 0 saturated heterocycles. The van der Waals surface area contributed by atoms with Crippen LogP contribution in [0.2, 0.25) is 0 Å². The Morgan fingerprint density at radius 3 is 2.61 bits per heavy atom. The minimum atomic E-state index is -0.452. The summed E-state index contributed by atoms with van der Waals surface area (Å²) in [4.78, 5) is 0. The zero-order chi connectivity index (χ0) is 22.6. The lowest BCUT2D eigenvalue weighted by atomic mass is 9.60. The van der Waals surface area contributed by atoms with Crippen LogP contribution in [0.4, 0.5) is 0 Å². The van der Waals surface area contributed by atoms with Gasteiger partial charge in [-0.25, -0.2) is 0 Å². The first-order chi connectivity index (χ1) is 14.7. The van der Waals surface area contributed by atoms with E-state index in [1.807, 2.05) is 0 Å². The zero-order valence-corrected chi connectivity index (χ0v) is 20.8. The second-order valence-electron chi connectivity index (χ2n) is 11.3. The smallest absolute Gasteiger partial charge is 0.0642 e. The Hall–Kier alpha value is -0.860. The number of aliphatic hydroxyl groups is 2. The van der Waals surface area contributed by atoms with Gasteiger partial charge in [-0.3, -0.25) is 0 Å². The molecule has 1 unspecified atom stereocenters. The van der Waals surface area contributed by atoms with E-state index in [-0.39, 0.29) is 6.10 Å². The van der Waals surface area contributed by atoms with Gasteiger partial charge in [0.1, 0.15) is 0 Å². The molecule has 0 aromatic carbocycles. The Morgan fingerprint density at radius 1 is 1.16 bits per heavy atom. The Kier molecular flexibility index (Phi) is 8.30. The van der Waals surface area contributed by atoms with Crippen molar-refractivity contribution in [2.45, 2.75) is 123 Å². The number of rotatable bonds is 8. The Balaban J connectivity index is 1.65. The van der Waals surface area contributed by atoms with Gasteiger partial charge >= 0.3 is 0 Å². The first kappa shape index (κ1) is 24.8. The molecule has 0 spiro atoms. The summed E-state index contributed by atoms with van der Waals surface area (Å²) in [5.41, 5.74) is 4.11. The van der Waals surface area contributed by atoms with Crippen molar-refractivity contribution in [2.75, 3.05) is 0 Å². The maximum Gasteiger partial charge on any atom is 0.0642 e. The van der Waals surface area contributed by atoms with Crippen LogP contribution in [0.5, 0.6) is 0 Å². The average Bonchev–Trinajstić information content (AvgIpc) is 3.11. The maximum atomic E-state index is 10.6. The summed E-state index contributed by atoms with van der Waals surface area (Å²) in [6.45, 7) is 13.5. The maximum absolute atomic E-state index is 10.6. The Morgan fingerprint density at radius 2 is 1.90 bits per heavy atom. The fraction of sp³-hybridized carbons (Fsp3) is 0.793. The van der Waals surface area contributed by atoms with Crippen molar-refractivity contribution in [3.63, 3.8) is 0 Å². The number of fused-ring (bicyclic) bond motifs is 1. The molecule has 0 aromatic rings. The molecule has 3 aliphatic rings. The highest BCUT2D eigenvalue weighted by Crippen LogP contribution is 2.60.